The van der Waals surface area contributed by atoms with Crippen LogP contribution < -0.4 is 5.11 Å². The lowest BCUT2D eigenvalue weighted by Gasteiger charge is -2.10. The zero-order chi connectivity index (χ0) is 9.14. The molecule has 0 radical (unpaired) electrons. The number of carboxylic acid groups (broad SMARTS) is 1. The number of aliphatic carboxylic acids is 1. The molecule has 0 saturated heterocycles. The third-order valence-corrected chi connectivity index (χ3v) is 2.30. The van der Waals surface area contributed by atoms with Crippen LogP contribution in [0.2, 0.25) is 0 Å². The Balaban J connectivity index is 2.45. The zero-order valence-corrected chi connectivity index (χ0v) is 6.91. The van der Waals surface area contributed by atoms with E-state index in [0.717, 1.165) is 0 Å². The molecule has 0 aromatic rings. The average Bonchev–Trinajstić information content (AvgIpc) is 2.51. The van der Waals surface area contributed by atoms with Crippen molar-refractivity contribution in [2.24, 2.45) is 11.8 Å². The van der Waals surface area contributed by atoms with Crippen LogP contribution in [0.4, 0.5) is 0 Å². The maximum Gasteiger partial charge on any atom is 0.308 e. The maximum atomic E-state index is 10.9. The molecule has 1 fully saturated rings. The van der Waals surface area contributed by atoms with E-state index in [0.29, 0.717) is 19.3 Å². The minimum atomic E-state index is -1.05. The lowest BCUT2D eigenvalue weighted by molar-refractivity contribution is -0.311. The van der Waals surface area contributed by atoms with E-state index in [1.54, 1.807) is 0 Å². The zero-order valence-electron chi connectivity index (χ0n) is 6.91. The summed E-state index contributed by atoms with van der Waals surface area (Å²) in [7, 11) is 1.31. The van der Waals surface area contributed by atoms with Gasteiger partial charge in [0.2, 0.25) is 0 Å². The second kappa shape index (κ2) is 3.56. The van der Waals surface area contributed by atoms with Crippen LogP contribution in [0.5, 0.6) is 0 Å². The van der Waals surface area contributed by atoms with Gasteiger partial charge in [-0.2, -0.15) is 0 Å². The van der Waals surface area contributed by atoms with Gasteiger partial charge in [0.25, 0.3) is 0 Å². The van der Waals surface area contributed by atoms with Crippen LogP contribution in [0.3, 0.4) is 0 Å². The quantitative estimate of drug-likeness (QED) is 0.516. The molecule has 2 atom stereocenters. The summed E-state index contributed by atoms with van der Waals surface area (Å²) in [6.45, 7) is 0. The lowest BCUT2D eigenvalue weighted by Crippen LogP contribution is -2.30. The molecule has 1 aliphatic carbocycles. The van der Waals surface area contributed by atoms with Gasteiger partial charge in [0.15, 0.2) is 0 Å². The Morgan fingerprint density at radius 2 is 1.92 bits per heavy atom. The van der Waals surface area contributed by atoms with Gasteiger partial charge in [-0.15, -0.1) is 0 Å². The molecule has 1 rings (SSSR count). The van der Waals surface area contributed by atoms with Crippen LogP contribution in [0.25, 0.3) is 0 Å². The number of carbonyl (C=O) groups excluding carboxylic acids is 2. The molecule has 1 aliphatic rings. The summed E-state index contributed by atoms with van der Waals surface area (Å²) >= 11 is 0. The number of rotatable bonds is 2. The second-order valence-corrected chi connectivity index (χ2v) is 3.05. The first-order chi connectivity index (χ1) is 5.65. The standard InChI is InChI=1S/C8H12O4/c1-12-8(11)6-3-2-5(4-6)7(9)10/h5-6H,2-4H2,1H3,(H,9,10)/p-1/t5-,6+/m1/s1. The Morgan fingerprint density at radius 1 is 1.33 bits per heavy atom. The molecule has 0 heterocycles. The molecule has 68 valence electrons. The van der Waals surface area contributed by atoms with E-state index in [2.05, 4.69) is 4.74 Å². The highest BCUT2D eigenvalue weighted by molar-refractivity contribution is 5.75. The number of carboxylic acids is 1. The van der Waals surface area contributed by atoms with Crippen molar-refractivity contribution >= 4 is 11.9 Å². The van der Waals surface area contributed by atoms with Crippen molar-refractivity contribution in [1.82, 2.24) is 0 Å². The number of esters is 1. The van der Waals surface area contributed by atoms with Crippen molar-refractivity contribution in [3.8, 4) is 0 Å². The van der Waals surface area contributed by atoms with Gasteiger partial charge in [-0.1, -0.05) is 0 Å². The van der Waals surface area contributed by atoms with Crippen LogP contribution in [0.15, 0.2) is 0 Å². The predicted octanol–water partition coefficient (Wildman–Crippen LogP) is -0.674. The van der Waals surface area contributed by atoms with Gasteiger partial charge >= 0.3 is 5.97 Å². The molecule has 0 aromatic carbocycles. The average molecular weight is 171 g/mol. The molecule has 0 aromatic heterocycles. The number of hydrogen-bond donors (Lipinski definition) is 0. The van der Waals surface area contributed by atoms with E-state index in [-0.39, 0.29) is 11.9 Å². The van der Waals surface area contributed by atoms with Crippen molar-refractivity contribution in [2.45, 2.75) is 19.3 Å². The summed E-state index contributed by atoms with van der Waals surface area (Å²) in [6.07, 6.45) is 1.50. The Kier molecular flexibility index (Phi) is 2.68. The van der Waals surface area contributed by atoms with E-state index in [1.807, 2.05) is 0 Å². The van der Waals surface area contributed by atoms with Crippen LogP contribution in [-0.4, -0.2) is 19.0 Å². The molecule has 12 heavy (non-hydrogen) atoms. The Morgan fingerprint density at radius 3 is 2.33 bits per heavy atom. The smallest absolute Gasteiger partial charge is 0.308 e. The van der Waals surface area contributed by atoms with Crippen LogP contribution in [0.1, 0.15) is 19.3 Å². The van der Waals surface area contributed by atoms with Crippen LogP contribution in [-0.2, 0) is 14.3 Å². The SMILES string of the molecule is COC(=O)[C@H]1CC[C@@H](C(=O)[O-])C1. The third-order valence-electron chi connectivity index (χ3n) is 2.30. The highest BCUT2D eigenvalue weighted by Gasteiger charge is 2.30. The highest BCUT2D eigenvalue weighted by atomic mass is 16.5. The number of hydrogen-bond acceptors (Lipinski definition) is 4. The Bertz CT molecular complexity index is 199. The topological polar surface area (TPSA) is 66.4 Å². The Labute approximate surface area is 70.5 Å². The van der Waals surface area contributed by atoms with Gasteiger partial charge in [-0.05, 0) is 25.2 Å². The lowest BCUT2D eigenvalue weighted by atomic mass is 10.1. The van der Waals surface area contributed by atoms with Gasteiger partial charge in [-0.3, -0.25) is 4.79 Å². The molecule has 1 saturated carbocycles. The normalized spacial score (nSPS) is 28.4. The highest BCUT2D eigenvalue weighted by Crippen LogP contribution is 2.30. The van der Waals surface area contributed by atoms with E-state index < -0.39 is 11.9 Å². The maximum absolute atomic E-state index is 10.9. The van der Waals surface area contributed by atoms with E-state index in [4.69, 9.17) is 0 Å². The molecule has 0 bridgehead atoms. The molecule has 4 nitrogen and oxygen atoms in total. The molecule has 0 unspecified atom stereocenters. The summed E-state index contributed by atoms with van der Waals surface area (Å²) in [6, 6.07) is 0. The second-order valence-electron chi connectivity index (χ2n) is 3.05. The molecule has 0 N–H and O–H groups in total. The summed E-state index contributed by atoms with van der Waals surface area (Å²) in [4.78, 5) is 21.3. The fourth-order valence-corrected chi connectivity index (χ4v) is 1.58. The minimum absolute atomic E-state index is 0.238. The summed E-state index contributed by atoms with van der Waals surface area (Å²) in [5.41, 5.74) is 0. The molecular formula is C8H11O4-. The van der Waals surface area contributed by atoms with Gasteiger partial charge in [0.05, 0.1) is 13.0 Å². The molecule has 0 amide bonds. The summed E-state index contributed by atoms with van der Waals surface area (Å²) < 4.78 is 4.51. The monoisotopic (exact) mass is 171 g/mol. The third kappa shape index (κ3) is 1.75. The first-order valence-corrected chi connectivity index (χ1v) is 3.94. The van der Waals surface area contributed by atoms with Crippen LogP contribution in [0, 0.1) is 11.8 Å². The molecular weight excluding hydrogens is 160 g/mol. The first kappa shape index (κ1) is 9.03. The van der Waals surface area contributed by atoms with Crippen molar-refractivity contribution in [3.05, 3.63) is 0 Å². The van der Waals surface area contributed by atoms with Gasteiger partial charge in [0.1, 0.15) is 0 Å². The number of carbonyl (C=O) groups is 2. The van der Waals surface area contributed by atoms with Crippen molar-refractivity contribution in [1.29, 1.82) is 0 Å². The summed E-state index contributed by atoms with van der Waals surface area (Å²) in [5, 5.41) is 10.4. The number of ether oxygens (including phenoxy) is 1. The van der Waals surface area contributed by atoms with Crippen molar-refractivity contribution in [3.63, 3.8) is 0 Å². The number of methoxy groups -OCH3 is 1. The van der Waals surface area contributed by atoms with E-state index in [1.165, 1.54) is 7.11 Å². The van der Waals surface area contributed by atoms with Gasteiger partial charge < -0.3 is 14.6 Å². The molecule has 0 spiro atoms. The molecule has 0 aliphatic heterocycles. The molecule has 4 heteroatoms. The van der Waals surface area contributed by atoms with Crippen molar-refractivity contribution < 1.29 is 19.4 Å². The van der Waals surface area contributed by atoms with Crippen molar-refractivity contribution in [2.75, 3.05) is 7.11 Å². The largest absolute Gasteiger partial charge is 0.550 e. The van der Waals surface area contributed by atoms with Gasteiger partial charge in [-0.25, -0.2) is 0 Å². The van der Waals surface area contributed by atoms with E-state index >= 15 is 0 Å². The van der Waals surface area contributed by atoms with E-state index in [9.17, 15) is 14.7 Å². The first-order valence-electron chi connectivity index (χ1n) is 3.94. The van der Waals surface area contributed by atoms with Gasteiger partial charge in [0, 0.05) is 5.97 Å². The minimum Gasteiger partial charge on any atom is -0.550 e. The summed E-state index contributed by atoms with van der Waals surface area (Å²) in [5.74, 6) is -2.06. The Hall–Kier alpha value is -1.06. The predicted molar refractivity (Wildman–Crippen MR) is 37.9 cm³/mol. The fourth-order valence-electron chi connectivity index (χ4n) is 1.58. The van der Waals surface area contributed by atoms with Crippen LogP contribution >= 0.6 is 0 Å². The fraction of sp³-hybridized carbons (Fsp3) is 0.750.